The molecule has 4 rings (SSSR count). The SMILES string of the molecule is CN1CCN(c2ccccc2CCn2c(=O)[nH]c3cc(Br)ccc3c2=O)CC1. The summed E-state index contributed by atoms with van der Waals surface area (Å²) >= 11 is 3.37. The van der Waals surface area contributed by atoms with E-state index in [1.54, 1.807) is 12.1 Å². The zero-order chi connectivity index (χ0) is 19.7. The number of para-hydroxylation sites is 1. The average Bonchev–Trinajstić information content (AvgIpc) is 2.68. The van der Waals surface area contributed by atoms with Crippen LogP contribution < -0.4 is 16.1 Å². The summed E-state index contributed by atoms with van der Waals surface area (Å²) in [6.07, 6.45) is 0.632. The molecular formula is C21H23BrN4O2. The van der Waals surface area contributed by atoms with Crippen molar-refractivity contribution >= 4 is 32.5 Å². The first kappa shape index (κ1) is 19.0. The van der Waals surface area contributed by atoms with Crippen LogP contribution in [0.25, 0.3) is 10.9 Å². The van der Waals surface area contributed by atoms with Crippen molar-refractivity contribution in [2.45, 2.75) is 13.0 Å². The van der Waals surface area contributed by atoms with Gasteiger partial charge in [0.15, 0.2) is 0 Å². The number of anilines is 1. The van der Waals surface area contributed by atoms with Crippen molar-refractivity contribution < 1.29 is 0 Å². The van der Waals surface area contributed by atoms with Crippen molar-refractivity contribution in [3.63, 3.8) is 0 Å². The number of benzene rings is 2. The summed E-state index contributed by atoms with van der Waals surface area (Å²) in [5.74, 6) is 0. The predicted molar refractivity (Wildman–Crippen MR) is 116 cm³/mol. The summed E-state index contributed by atoms with van der Waals surface area (Å²) < 4.78 is 2.13. The predicted octanol–water partition coefficient (Wildman–Crippen LogP) is 2.45. The van der Waals surface area contributed by atoms with Crippen LogP contribution in [0.5, 0.6) is 0 Å². The molecular weight excluding hydrogens is 420 g/mol. The lowest BCUT2D eigenvalue weighted by molar-refractivity contribution is 0.312. The van der Waals surface area contributed by atoms with E-state index in [9.17, 15) is 9.59 Å². The maximum Gasteiger partial charge on any atom is 0.328 e. The van der Waals surface area contributed by atoms with Gasteiger partial charge in [0.25, 0.3) is 5.56 Å². The van der Waals surface area contributed by atoms with Crippen molar-refractivity contribution in [3.8, 4) is 0 Å². The lowest BCUT2D eigenvalue weighted by Crippen LogP contribution is -2.44. The van der Waals surface area contributed by atoms with Gasteiger partial charge in [0.2, 0.25) is 0 Å². The molecule has 1 aliphatic rings. The van der Waals surface area contributed by atoms with Crippen LogP contribution in [0.15, 0.2) is 56.5 Å². The van der Waals surface area contributed by atoms with Crippen LogP contribution >= 0.6 is 15.9 Å². The van der Waals surface area contributed by atoms with E-state index in [2.05, 4.69) is 49.9 Å². The number of likely N-dealkylation sites (N-methyl/N-ethyl adjacent to an activating group) is 1. The van der Waals surface area contributed by atoms with E-state index < -0.39 is 0 Å². The molecule has 1 fully saturated rings. The van der Waals surface area contributed by atoms with Crippen LogP contribution in [0, 0.1) is 0 Å². The molecule has 6 nitrogen and oxygen atoms in total. The Labute approximate surface area is 171 Å². The number of piperazine rings is 1. The highest BCUT2D eigenvalue weighted by Crippen LogP contribution is 2.22. The zero-order valence-corrected chi connectivity index (χ0v) is 17.4. The second-order valence-electron chi connectivity index (χ2n) is 7.25. The minimum absolute atomic E-state index is 0.247. The molecule has 2 aromatic carbocycles. The molecule has 0 spiro atoms. The van der Waals surface area contributed by atoms with Crippen LogP contribution in [0.4, 0.5) is 5.69 Å². The van der Waals surface area contributed by atoms with Crippen LogP contribution in [-0.4, -0.2) is 47.7 Å². The molecule has 0 amide bonds. The van der Waals surface area contributed by atoms with Crippen molar-refractivity contribution in [2.75, 3.05) is 38.1 Å². The Morgan fingerprint density at radius 2 is 1.79 bits per heavy atom. The van der Waals surface area contributed by atoms with Gasteiger partial charge in [-0.1, -0.05) is 34.1 Å². The lowest BCUT2D eigenvalue weighted by atomic mass is 10.1. The number of nitrogens with one attached hydrogen (secondary N) is 1. The van der Waals surface area contributed by atoms with E-state index in [-0.39, 0.29) is 11.2 Å². The van der Waals surface area contributed by atoms with Crippen LogP contribution in [-0.2, 0) is 13.0 Å². The molecule has 0 aliphatic carbocycles. The molecule has 0 bridgehead atoms. The van der Waals surface area contributed by atoms with Gasteiger partial charge in [-0.25, -0.2) is 4.79 Å². The van der Waals surface area contributed by atoms with Crippen molar-refractivity contribution in [1.29, 1.82) is 0 Å². The van der Waals surface area contributed by atoms with E-state index >= 15 is 0 Å². The van der Waals surface area contributed by atoms with Gasteiger partial charge < -0.3 is 14.8 Å². The number of H-pyrrole nitrogens is 1. The monoisotopic (exact) mass is 442 g/mol. The number of hydrogen-bond donors (Lipinski definition) is 1. The molecule has 7 heteroatoms. The molecule has 1 saturated heterocycles. The molecule has 1 N–H and O–H groups in total. The van der Waals surface area contributed by atoms with E-state index in [1.165, 1.54) is 10.3 Å². The zero-order valence-electron chi connectivity index (χ0n) is 15.8. The van der Waals surface area contributed by atoms with Gasteiger partial charge in [-0.15, -0.1) is 0 Å². The van der Waals surface area contributed by atoms with Crippen LogP contribution in [0.3, 0.4) is 0 Å². The number of hydrogen-bond acceptors (Lipinski definition) is 4. The number of nitrogens with zero attached hydrogens (tertiary/aromatic N) is 3. The van der Waals surface area contributed by atoms with E-state index in [0.29, 0.717) is 23.9 Å². The molecule has 0 atom stereocenters. The molecule has 0 radical (unpaired) electrons. The Bertz CT molecular complexity index is 1110. The van der Waals surface area contributed by atoms with Crippen molar-refractivity contribution in [2.24, 2.45) is 0 Å². The second kappa shape index (κ2) is 7.93. The third-order valence-corrected chi connectivity index (χ3v) is 5.88. The molecule has 2 heterocycles. The second-order valence-corrected chi connectivity index (χ2v) is 8.16. The normalized spacial score (nSPS) is 15.3. The third-order valence-electron chi connectivity index (χ3n) is 5.38. The average molecular weight is 443 g/mol. The molecule has 146 valence electrons. The number of rotatable bonds is 4. The topological polar surface area (TPSA) is 61.3 Å². The van der Waals surface area contributed by atoms with Gasteiger partial charge in [-0.2, -0.15) is 0 Å². The largest absolute Gasteiger partial charge is 0.369 e. The minimum Gasteiger partial charge on any atom is -0.369 e. The Morgan fingerprint density at radius 1 is 1.04 bits per heavy atom. The highest BCUT2D eigenvalue weighted by Gasteiger charge is 2.17. The fourth-order valence-corrected chi connectivity index (χ4v) is 4.10. The number of fused-ring (bicyclic) bond motifs is 1. The summed E-state index contributed by atoms with van der Waals surface area (Å²) in [5.41, 5.74) is 2.30. The number of halogens is 1. The highest BCUT2D eigenvalue weighted by atomic mass is 79.9. The van der Waals surface area contributed by atoms with Crippen LogP contribution in [0.1, 0.15) is 5.56 Å². The summed E-state index contributed by atoms with van der Waals surface area (Å²) in [4.78, 5) is 32.8. The molecule has 28 heavy (non-hydrogen) atoms. The lowest BCUT2D eigenvalue weighted by Gasteiger charge is -2.35. The molecule has 3 aromatic rings. The van der Waals surface area contributed by atoms with E-state index in [1.807, 2.05) is 18.2 Å². The standard InChI is InChI=1S/C21H23BrN4O2/c1-24-10-12-25(13-11-24)19-5-3-2-4-15(19)8-9-26-20(27)17-7-6-16(22)14-18(17)23-21(26)28/h2-7,14H,8-13H2,1H3,(H,23,28). The quantitative estimate of drug-likeness (QED) is 0.673. The fourth-order valence-electron chi connectivity index (χ4n) is 3.74. The molecule has 0 saturated carbocycles. The van der Waals surface area contributed by atoms with Crippen molar-refractivity contribution in [1.82, 2.24) is 14.5 Å². The van der Waals surface area contributed by atoms with Gasteiger partial charge in [0.1, 0.15) is 0 Å². The van der Waals surface area contributed by atoms with Gasteiger partial charge >= 0.3 is 5.69 Å². The molecule has 1 aromatic heterocycles. The van der Waals surface area contributed by atoms with Gasteiger partial charge in [0, 0.05) is 42.9 Å². The maximum absolute atomic E-state index is 12.8. The first-order valence-electron chi connectivity index (χ1n) is 9.47. The summed E-state index contributed by atoms with van der Waals surface area (Å²) in [6, 6.07) is 13.6. The van der Waals surface area contributed by atoms with Crippen LogP contribution in [0.2, 0.25) is 0 Å². The van der Waals surface area contributed by atoms with Gasteiger partial charge in [-0.3, -0.25) is 9.36 Å². The summed E-state index contributed by atoms with van der Waals surface area (Å²) in [7, 11) is 2.14. The minimum atomic E-state index is -0.368. The third kappa shape index (κ3) is 3.77. The summed E-state index contributed by atoms with van der Waals surface area (Å²) in [5, 5.41) is 0.523. The van der Waals surface area contributed by atoms with Crippen molar-refractivity contribution in [3.05, 3.63) is 73.3 Å². The number of aryl methyl sites for hydroxylation is 1. The Hall–Kier alpha value is -2.38. The fraction of sp³-hybridized carbons (Fsp3) is 0.333. The summed E-state index contributed by atoms with van der Waals surface area (Å²) in [6.45, 7) is 4.39. The Kier molecular flexibility index (Phi) is 5.37. The Balaban J connectivity index is 1.61. The number of aromatic nitrogens is 2. The van der Waals surface area contributed by atoms with E-state index in [0.717, 1.165) is 36.2 Å². The van der Waals surface area contributed by atoms with Gasteiger partial charge in [-0.05, 0) is 43.3 Å². The first-order valence-corrected chi connectivity index (χ1v) is 10.3. The molecule has 1 aliphatic heterocycles. The van der Waals surface area contributed by atoms with Gasteiger partial charge in [0.05, 0.1) is 10.9 Å². The smallest absolute Gasteiger partial charge is 0.328 e. The number of aromatic amines is 1. The highest BCUT2D eigenvalue weighted by molar-refractivity contribution is 9.10. The first-order chi connectivity index (χ1) is 13.5. The molecule has 0 unspecified atom stereocenters. The van der Waals surface area contributed by atoms with E-state index in [4.69, 9.17) is 0 Å². The Morgan fingerprint density at radius 3 is 2.57 bits per heavy atom. The maximum atomic E-state index is 12.8.